The van der Waals surface area contributed by atoms with Gasteiger partial charge in [0.05, 0.1) is 0 Å². The molecule has 0 fully saturated rings. The Morgan fingerprint density at radius 2 is 1.46 bits per heavy atom. The first-order valence-electron chi connectivity index (χ1n) is 7.96. The van der Waals surface area contributed by atoms with Gasteiger partial charge in [0.15, 0.2) is 5.54 Å². The zero-order valence-corrected chi connectivity index (χ0v) is 14.8. The zero-order chi connectivity index (χ0) is 19.3. The second-order valence-corrected chi connectivity index (χ2v) is 5.90. The standard InChI is InChI=1S/C19H21N3O4/c1-19(17(24)20-2,18(25)21-26)22(3)16(23)15-11-9-14(10-12-15)13-7-5-4-6-8-13/h4-12,26H,1-3H3,(H,20,24)(H,21,25)/t19-/m1/s1. The normalized spacial score (nSPS) is 12.6. The van der Waals surface area contributed by atoms with Crippen molar-refractivity contribution in [2.45, 2.75) is 12.5 Å². The molecule has 2 aromatic rings. The maximum atomic E-state index is 12.8. The first kappa shape index (κ1) is 19.1. The first-order chi connectivity index (χ1) is 12.4. The van der Waals surface area contributed by atoms with Crippen LogP contribution in [0.5, 0.6) is 0 Å². The van der Waals surface area contributed by atoms with Crippen molar-refractivity contribution in [1.82, 2.24) is 15.7 Å². The van der Waals surface area contributed by atoms with E-state index in [1.165, 1.54) is 26.5 Å². The maximum absolute atomic E-state index is 12.8. The summed E-state index contributed by atoms with van der Waals surface area (Å²) in [5.41, 5.74) is 1.80. The SMILES string of the molecule is CNC(=O)[C@](C)(C(=O)NO)N(C)C(=O)c1ccc(-c2ccccc2)cc1. The molecule has 0 heterocycles. The van der Waals surface area contributed by atoms with E-state index in [-0.39, 0.29) is 0 Å². The molecule has 0 bridgehead atoms. The van der Waals surface area contributed by atoms with E-state index in [1.54, 1.807) is 24.3 Å². The molecular weight excluding hydrogens is 334 g/mol. The highest BCUT2D eigenvalue weighted by Crippen LogP contribution is 2.22. The van der Waals surface area contributed by atoms with Crippen molar-refractivity contribution < 1.29 is 19.6 Å². The van der Waals surface area contributed by atoms with Gasteiger partial charge in [-0.3, -0.25) is 19.6 Å². The van der Waals surface area contributed by atoms with Crippen molar-refractivity contribution in [1.29, 1.82) is 0 Å². The number of amides is 3. The number of nitrogens with zero attached hydrogens (tertiary/aromatic N) is 1. The second-order valence-electron chi connectivity index (χ2n) is 5.90. The molecular formula is C19H21N3O4. The molecule has 0 saturated heterocycles. The maximum Gasteiger partial charge on any atom is 0.278 e. The van der Waals surface area contributed by atoms with Crippen LogP contribution in [0.1, 0.15) is 17.3 Å². The van der Waals surface area contributed by atoms with Crippen molar-refractivity contribution in [3.8, 4) is 11.1 Å². The smallest absolute Gasteiger partial charge is 0.278 e. The van der Waals surface area contributed by atoms with Gasteiger partial charge in [0.25, 0.3) is 17.7 Å². The molecule has 2 rings (SSSR count). The van der Waals surface area contributed by atoms with Gasteiger partial charge in [0.2, 0.25) is 0 Å². The fourth-order valence-electron chi connectivity index (χ4n) is 2.59. The summed E-state index contributed by atoms with van der Waals surface area (Å²) in [4.78, 5) is 38.0. The minimum atomic E-state index is -1.90. The second kappa shape index (κ2) is 7.79. The van der Waals surface area contributed by atoms with E-state index in [1.807, 2.05) is 30.3 Å². The minimum Gasteiger partial charge on any atom is -0.357 e. The van der Waals surface area contributed by atoms with Crippen LogP contribution in [0.25, 0.3) is 11.1 Å². The molecule has 3 amide bonds. The van der Waals surface area contributed by atoms with Crippen LogP contribution in [0.3, 0.4) is 0 Å². The fraction of sp³-hybridized carbons (Fsp3) is 0.211. The molecule has 0 aromatic heterocycles. The van der Waals surface area contributed by atoms with Crippen LogP contribution < -0.4 is 10.8 Å². The van der Waals surface area contributed by atoms with Crippen LogP contribution in [0.15, 0.2) is 54.6 Å². The van der Waals surface area contributed by atoms with E-state index in [0.717, 1.165) is 16.0 Å². The lowest BCUT2D eigenvalue weighted by molar-refractivity contribution is -0.148. The first-order valence-corrected chi connectivity index (χ1v) is 7.96. The van der Waals surface area contributed by atoms with E-state index < -0.39 is 23.3 Å². The van der Waals surface area contributed by atoms with E-state index in [2.05, 4.69) is 5.32 Å². The van der Waals surface area contributed by atoms with E-state index in [4.69, 9.17) is 5.21 Å². The Balaban J connectivity index is 2.32. The largest absolute Gasteiger partial charge is 0.357 e. The number of rotatable bonds is 5. The Hall–Kier alpha value is -3.19. The van der Waals surface area contributed by atoms with Crippen molar-refractivity contribution >= 4 is 17.7 Å². The summed E-state index contributed by atoms with van der Waals surface area (Å²) in [5.74, 6) is -2.26. The van der Waals surface area contributed by atoms with Crippen LogP contribution in [0.2, 0.25) is 0 Å². The molecule has 1 atom stereocenters. The van der Waals surface area contributed by atoms with Gasteiger partial charge in [-0.1, -0.05) is 42.5 Å². The lowest BCUT2D eigenvalue weighted by Crippen LogP contribution is -2.64. The van der Waals surface area contributed by atoms with Gasteiger partial charge >= 0.3 is 0 Å². The number of nitrogens with one attached hydrogen (secondary N) is 2. The summed E-state index contributed by atoms with van der Waals surface area (Å²) >= 11 is 0. The van der Waals surface area contributed by atoms with E-state index >= 15 is 0 Å². The topological polar surface area (TPSA) is 98.7 Å². The molecule has 7 heteroatoms. The molecule has 26 heavy (non-hydrogen) atoms. The molecule has 0 aliphatic carbocycles. The predicted molar refractivity (Wildman–Crippen MR) is 96.4 cm³/mol. The van der Waals surface area contributed by atoms with Gasteiger partial charge < -0.3 is 10.2 Å². The number of benzene rings is 2. The molecule has 0 aliphatic heterocycles. The molecule has 3 N–H and O–H groups in total. The number of hydrogen-bond acceptors (Lipinski definition) is 4. The lowest BCUT2D eigenvalue weighted by Gasteiger charge is -2.34. The van der Waals surface area contributed by atoms with Gasteiger partial charge in [0.1, 0.15) is 0 Å². The number of carbonyl (C=O) groups excluding carboxylic acids is 3. The summed E-state index contributed by atoms with van der Waals surface area (Å²) in [6.45, 7) is 1.26. The Morgan fingerprint density at radius 1 is 0.923 bits per heavy atom. The zero-order valence-electron chi connectivity index (χ0n) is 14.8. The summed E-state index contributed by atoms with van der Waals surface area (Å²) in [6.07, 6.45) is 0. The van der Waals surface area contributed by atoms with Crippen LogP contribution >= 0.6 is 0 Å². The average Bonchev–Trinajstić information content (AvgIpc) is 2.71. The predicted octanol–water partition coefficient (Wildman–Crippen LogP) is 1.44. The van der Waals surface area contributed by atoms with Gasteiger partial charge in [-0.15, -0.1) is 0 Å². The Labute approximate surface area is 151 Å². The van der Waals surface area contributed by atoms with Crippen LogP contribution in [0.4, 0.5) is 0 Å². The van der Waals surface area contributed by atoms with Gasteiger partial charge in [-0.2, -0.15) is 0 Å². The molecule has 0 aliphatic rings. The van der Waals surface area contributed by atoms with Gasteiger partial charge in [-0.25, -0.2) is 5.48 Å². The quantitative estimate of drug-likeness (QED) is 0.429. The highest BCUT2D eigenvalue weighted by molar-refractivity contribution is 6.12. The van der Waals surface area contributed by atoms with Crippen LogP contribution in [-0.2, 0) is 9.59 Å². The molecule has 0 unspecified atom stereocenters. The summed E-state index contributed by atoms with van der Waals surface area (Å²) < 4.78 is 0. The highest BCUT2D eigenvalue weighted by Gasteiger charge is 2.47. The summed E-state index contributed by atoms with van der Waals surface area (Å²) in [6, 6.07) is 16.5. The lowest BCUT2D eigenvalue weighted by atomic mass is 9.96. The summed E-state index contributed by atoms with van der Waals surface area (Å²) in [7, 11) is 2.68. The number of hydroxylamine groups is 1. The Bertz CT molecular complexity index is 787. The molecule has 0 radical (unpaired) electrons. The Kier molecular flexibility index (Phi) is 5.74. The van der Waals surface area contributed by atoms with Crippen molar-refractivity contribution in [2.24, 2.45) is 0 Å². The van der Waals surface area contributed by atoms with E-state index in [9.17, 15) is 14.4 Å². The molecule has 2 aromatic carbocycles. The van der Waals surface area contributed by atoms with Crippen LogP contribution in [0, 0.1) is 0 Å². The van der Waals surface area contributed by atoms with Gasteiger partial charge in [-0.05, 0) is 30.2 Å². The van der Waals surface area contributed by atoms with E-state index in [0.29, 0.717) is 5.56 Å². The number of likely N-dealkylation sites (N-methyl/N-ethyl adjacent to an activating group) is 2. The number of hydrogen-bond donors (Lipinski definition) is 3. The monoisotopic (exact) mass is 355 g/mol. The van der Waals surface area contributed by atoms with Gasteiger partial charge in [0, 0.05) is 19.7 Å². The van der Waals surface area contributed by atoms with Crippen molar-refractivity contribution in [2.75, 3.05) is 14.1 Å². The van der Waals surface area contributed by atoms with Crippen molar-refractivity contribution in [3.05, 3.63) is 60.2 Å². The highest BCUT2D eigenvalue weighted by atomic mass is 16.5. The minimum absolute atomic E-state index is 0.313. The summed E-state index contributed by atoms with van der Waals surface area (Å²) in [5, 5.41) is 11.3. The Morgan fingerprint density at radius 3 is 1.96 bits per heavy atom. The van der Waals surface area contributed by atoms with Crippen LogP contribution in [-0.4, -0.2) is 47.5 Å². The molecule has 0 spiro atoms. The third-order valence-corrected chi connectivity index (χ3v) is 4.43. The number of carbonyl (C=O) groups is 3. The molecule has 136 valence electrons. The molecule has 0 saturated carbocycles. The third kappa shape index (κ3) is 3.43. The average molecular weight is 355 g/mol. The molecule has 7 nitrogen and oxygen atoms in total. The fourth-order valence-corrected chi connectivity index (χ4v) is 2.59. The third-order valence-electron chi connectivity index (χ3n) is 4.43. The van der Waals surface area contributed by atoms with Crippen molar-refractivity contribution in [3.63, 3.8) is 0 Å².